The van der Waals surface area contributed by atoms with Crippen LogP contribution in [-0.2, 0) is 148 Å². The van der Waals surface area contributed by atoms with Crippen molar-refractivity contribution in [2.24, 2.45) is 0 Å². The van der Waals surface area contributed by atoms with E-state index in [1.807, 2.05) is 0 Å². The number of rotatable bonds is 0. The quantitative estimate of drug-likeness (QED) is 0.305. The van der Waals surface area contributed by atoms with Crippen LogP contribution in [0.2, 0.25) is 0 Å². The third kappa shape index (κ3) is 99.5. The van der Waals surface area contributed by atoms with Gasteiger partial charge in [-0.1, -0.05) is 0 Å². The van der Waals surface area contributed by atoms with E-state index >= 15 is 0 Å². The standard InChI is InChI=1S/3Al.9Ni/q3*+3;;;;;;;;;. The van der Waals surface area contributed by atoms with Crippen molar-refractivity contribution in [1.29, 1.82) is 0 Å². The Hall–Kier alpha value is 6.04. The molecule has 0 amide bonds. The Bertz CT molecular complexity index is 9.74. The molecule has 0 spiro atoms. The normalized spacial score (nSPS) is 0. The summed E-state index contributed by atoms with van der Waals surface area (Å²) in [5.41, 5.74) is 0. The molecular formula is Al3Ni9+9. The first kappa shape index (κ1) is 144. The van der Waals surface area contributed by atoms with E-state index in [0.717, 1.165) is 0 Å². The van der Waals surface area contributed by atoms with E-state index in [4.69, 9.17) is 0 Å². The van der Waals surface area contributed by atoms with Crippen LogP contribution in [0.3, 0.4) is 0 Å². The summed E-state index contributed by atoms with van der Waals surface area (Å²) < 4.78 is 0. The first-order valence-electron chi connectivity index (χ1n) is 0. The Kier molecular flexibility index (Phi) is 1440. The molecule has 90 valence electrons. The van der Waals surface area contributed by atoms with Crippen molar-refractivity contribution in [3.63, 3.8) is 0 Å². The molecule has 0 aliphatic rings. The van der Waals surface area contributed by atoms with E-state index in [1.54, 1.807) is 0 Å². The molecule has 0 saturated heterocycles. The van der Waals surface area contributed by atoms with Crippen molar-refractivity contribution in [2.75, 3.05) is 0 Å². The fraction of sp³-hybridized carbons (Fsp3) is 0. The zero-order valence-electron chi connectivity index (χ0n) is 4.58. The minimum Gasteiger partial charge on any atom is 0 e. The zero-order valence-corrected chi connectivity index (χ0v) is 16.9. The van der Waals surface area contributed by atoms with Crippen molar-refractivity contribution in [3.05, 3.63) is 0 Å². The van der Waals surface area contributed by atoms with Crippen LogP contribution >= 0.6 is 0 Å². The third-order valence-electron chi connectivity index (χ3n) is 0. The maximum atomic E-state index is 0. The summed E-state index contributed by atoms with van der Waals surface area (Å²) in [6, 6.07) is 0. The van der Waals surface area contributed by atoms with Gasteiger partial charge in [-0.2, -0.15) is 0 Å². The van der Waals surface area contributed by atoms with Crippen LogP contribution < -0.4 is 0 Å². The largest absolute Gasteiger partial charge is 3.00 e. The van der Waals surface area contributed by atoms with Crippen molar-refractivity contribution >= 4 is 52.1 Å². The van der Waals surface area contributed by atoms with Gasteiger partial charge in [-0.05, 0) is 0 Å². The molecule has 0 heterocycles. The zero-order chi connectivity index (χ0) is 0. The van der Waals surface area contributed by atoms with E-state index in [2.05, 4.69) is 0 Å². The van der Waals surface area contributed by atoms with Crippen LogP contribution in [-0.4, -0.2) is 52.1 Å². The Morgan fingerprint density at radius 1 is 0.167 bits per heavy atom. The van der Waals surface area contributed by atoms with E-state index in [0.29, 0.717) is 0 Å². The van der Waals surface area contributed by atoms with E-state index in [9.17, 15) is 0 Å². The second-order valence-corrected chi connectivity index (χ2v) is 0. The predicted molar refractivity (Wildman–Crippen MR) is 17.3 cm³/mol. The molecule has 0 saturated carbocycles. The maximum Gasteiger partial charge on any atom is 3.00 e. The minimum absolute atomic E-state index is 0. The molecule has 0 rings (SSSR count). The molecule has 0 radical (unpaired) electrons. The SMILES string of the molecule is [Al+3].[Al+3].[Al+3].[Ni].[Ni].[Ni].[Ni].[Ni].[Ni].[Ni].[Ni].[Ni]. The smallest absolute Gasteiger partial charge is 0 e. The van der Waals surface area contributed by atoms with Gasteiger partial charge < -0.3 is 0 Å². The van der Waals surface area contributed by atoms with Crippen molar-refractivity contribution in [2.45, 2.75) is 0 Å². The topological polar surface area (TPSA) is 0 Å². The molecule has 12 heteroatoms. The average Bonchev–Trinajstić information content (AvgIpc) is 0. The number of hydrogen-bond acceptors (Lipinski definition) is 0. The Morgan fingerprint density at radius 2 is 0.167 bits per heavy atom. The van der Waals surface area contributed by atoms with Crippen LogP contribution in [0, 0.1) is 0 Å². The van der Waals surface area contributed by atoms with Gasteiger partial charge in [-0.3, -0.25) is 0 Å². The molecule has 12 heavy (non-hydrogen) atoms. The van der Waals surface area contributed by atoms with Crippen molar-refractivity contribution in [3.8, 4) is 0 Å². The Morgan fingerprint density at radius 3 is 0.167 bits per heavy atom. The van der Waals surface area contributed by atoms with Gasteiger partial charge in [0.25, 0.3) is 0 Å². The monoisotopic (exact) mass is 602 g/mol. The summed E-state index contributed by atoms with van der Waals surface area (Å²) in [6.45, 7) is 0. The van der Waals surface area contributed by atoms with Gasteiger partial charge in [0.05, 0.1) is 0 Å². The Labute approximate surface area is 196 Å². The summed E-state index contributed by atoms with van der Waals surface area (Å²) in [5, 5.41) is 0. The fourth-order valence-electron chi connectivity index (χ4n) is 0. The molecule has 0 aromatic rings. The predicted octanol–water partition coefficient (Wildman–Crippen LogP) is -1.16. The Balaban J connectivity index is 0. The van der Waals surface area contributed by atoms with Crippen LogP contribution in [0.4, 0.5) is 0 Å². The first-order valence-corrected chi connectivity index (χ1v) is 0. The van der Waals surface area contributed by atoms with Crippen LogP contribution in [0.25, 0.3) is 0 Å². The third-order valence-corrected chi connectivity index (χ3v) is 0. The van der Waals surface area contributed by atoms with Gasteiger partial charge in [0.1, 0.15) is 0 Å². The summed E-state index contributed by atoms with van der Waals surface area (Å²) >= 11 is 0. The molecule has 0 atom stereocenters. The van der Waals surface area contributed by atoms with Gasteiger partial charge >= 0.3 is 52.1 Å². The molecule has 0 N–H and O–H groups in total. The number of hydrogen-bond donors (Lipinski definition) is 0. The molecular weight excluding hydrogens is 609 g/mol. The molecule has 0 fully saturated rings. The maximum absolute atomic E-state index is 0. The summed E-state index contributed by atoms with van der Waals surface area (Å²) in [7, 11) is 0. The molecule has 0 unspecified atom stereocenters. The molecule has 0 bridgehead atoms. The van der Waals surface area contributed by atoms with E-state index in [1.165, 1.54) is 0 Å². The molecule has 0 aromatic heterocycles. The van der Waals surface area contributed by atoms with Crippen LogP contribution in [0.1, 0.15) is 0 Å². The molecule has 0 aliphatic carbocycles. The molecule has 0 aromatic carbocycles. The first-order chi connectivity index (χ1) is 0. The summed E-state index contributed by atoms with van der Waals surface area (Å²) in [5.74, 6) is 0. The van der Waals surface area contributed by atoms with Crippen LogP contribution in [0.15, 0.2) is 0 Å². The van der Waals surface area contributed by atoms with Crippen molar-refractivity contribution < 1.29 is 148 Å². The second kappa shape index (κ2) is 120. The fourth-order valence-corrected chi connectivity index (χ4v) is 0. The van der Waals surface area contributed by atoms with Crippen LogP contribution in [0.5, 0.6) is 0 Å². The van der Waals surface area contributed by atoms with Crippen molar-refractivity contribution in [1.82, 2.24) is 0 Å². The minimum atomic E-state index is 0. The second-order valence-electron chi connectivity index (χ2n) is 0. The average molecular weight is 609 g/mol. The summed E-state index contributed by atoms with van der Waals surface area (Å²) in [6.07, 6.45) is 0. The summed E-state index contributed by atoms with van der Waals surface area (Å²) in [4.78, 5) is 0. The van der Waals surface area contributed by atoms with Gasteiger partial charge in [0.2, 0.25) is 0 Å². The van der Waals surface area contributed by atoms with E-state index < -0.39 is 0 Å². The van der Waals surface area contributed by atoms with Gasteiger partial charge in [0.15, 0.2) is 0 Å². The molecule has 0 aliphatic heterocycles. The van der Waals surface area contributed by atoms with Gasteiger partial charge in [-0.25, -0.2) is 0 Å². The van der Waals surface area contributed by atoms with Gasteiger partial charge in [0, 0.05) is 148 Å². The van der Waals surface area contributed by atoms with E-state index in [-0.39, 0.29) is 201 Å². The van der Waals surface area contributed by atoms with Gasteiger partial charge in [-0.15, -0.1) is 0 Å². The molecule has 0 nitrogen and oxygen atoms in total.